The number of rotatable bonds is 9. The Morgan fingerprint density at radius 2 is 2.07 bits per heavy atom. The molecule has 0 amide bonds. The molecule has 0 fully saturated rings. The van der Waals surface area contributed by atoms with Crippen molar-refractivity contribution in [2.75, 3.05) is 18.5 Å². The largest absolute Gasteiger partial charge is 0.461 e. The Kier molecular flexibility index (Phi) is 7.28. The summed E-state index contributed by atoms with van der Waals surface area (Å²) >= 11 is 7.50. The van der Waals surface area contributed by atoms with Crippen molar-refractivity contribution in [3.8, 4) is 5.69 Å². The van der Waals surface area contributed by atoms with Crippen LogP contribution in [0.15, 0.2) is 34.4 Å². The van der Waals surface area contributed by atoms with E-state index >= 15 is 0 Å². The summed E-state index contributed by atoms with van der Waals surface area (Å²) in [4.78, 5) is 26.0. The van der Waals surface area contributed by atoms with Crippen LogP contribution in [0.1, 0.15) is 50.0 Å². The SMILES string of the molecule is CCCCNc1scc2c(C(=O)OCCCC)nn(-c3cccc(Cl)c3)c(=O)c12. The zero-order valence-electron chi connectivity index (χ0n) is 16.5. The summed E-state index contributed by atoms with van der Waals surface area (Å²) in [6.45, 7) is 5.20. The van der Waals surface area contributed by atoms with Crippen molar-refractivity contribution in [1.82, 2.24) is 9.78 Å². The van der Waals surface area contributed by atoms with Crippen LogP contribution in [0.2, 0.25) is 5.02 Å². The van der Waals surface area contributed by atoms with Gasteiger partial charge in [0.15, 0.2) is 5.69 Å². The second-order valence-electron chi connectivity index (χ2n) is 6.67. The van der Waals surface area contributed by atoms with Gasteiger partial charge in [-0.15, -0.1) is 11.3 Å². The first-order valence-electron chi connectivity index (χ1n) is 9.78. The van der Waals surface area contributed by atoms with Crippen LogP contribution >= 0.6 is 22.9 Å². The minimum atomic E-state index is -0.530. The van der Waals surface area contributed by atoms with Gasteiger partial charge in [-0.2, -0.15) is 9.78 Å². The molecule has 0 unspecified atom stereocenters. The van der Waals surface area contributed by atoms with E-state index in [0.717, 1.165) is 37.2 Å². The lowest BCUT2D eigenvalue weighted by atomic mass is 10.2. The molecular formula is C21H24ClN3O3S. The number of carbonyl (C=O) groups is 1. The van der Waals surface area contributed by atoms with E-state index in [1.54, 1.807) is 29.6 Å². The minimum Gasteiger partial charge on any atom is -0.461 e. The Balaban J connectivity index is 2.14. The molecule has 2 heterocycles. The molecule has 29 heavy (non-hydrogen) atoms. The average molecular weight is 434 g/mol. The minimum absolute atomic E-state index is 0.135. The van der Waals surface area contributed by atoms with E-state index in [2.05, 4.69) is 17.3 Å². The number of anilines is 1. The fourth-order valence-corrected chi connectivity index (χ4v) is 4.02. The molecule has 3 rings (SSSR count). The van der Waals surface area contributed by atoms with Gasteiger partial charge in [0.2, 0.25) is 0 Å². The average Bonchev–Trinajstić information content (AvgIpc) is 3.13. The zero-order chi connectivity index (χ0) is 20.8. The van der Waals surface area contributed by atoms with Gasteiger partial charge in [-0.25, -0.2) is 4.79 Å². The molecule has 3 aromatic rings. The van der Waals surface area contributed by atoms with Crippen LogP contribution in [0.25, 0.3) is 16.5 Å². The smallest absolute Gasteiger partial charge is 0.359 e. The third-order valence-corrected chi connectivity index (χ3v) is 5.62. The number of esters is 1. The highest BCUT2D eigenvalue weighted by Crippen LogP contribution is 2.30. The quantitative estimate of drug-likeness (QED) is 0.367. The zero-order valence-corrected chi connectivity index (χ0v) is 18.1. The molecule has 0 aliphatic heterocycles. The highest BCUT2D eigenvalue weighted by Gasteiger charge is 2.22. The van der Waals surface area contributed by atoms with E-state index in [1.807, 2.05) is 6.92 Å². The number of carbonyl (C=O) groups excluding carboxylic acids is 1. The van der Waals surface area contributed by atoms with Gasteiger partial charge in [-0.3, -0.25) is 4.79 Å². The number of halogens is 1. The van der Waals surface area contributed by atoms with Gasteiger partial charge in [0, 0.05) is 22.3 Å². The van der Waals surface area contributed by atoms with Crippen molar-refractivity contribution in [2.24, 2.45) is 0 Å². The molecule has 1 N–H and O–H groups in total. The Morgan fingerprint density at radius 3 is 2.79 bits per heavy atom. The number of fused-ring (bicyclic) bond motifs is 1. The number of nitrogens with zero attached hydrogens (tertiary/aromatic N) is 2. The number of hydrogen-bond acceptors (Lipinski definition) is 6. The summed E-state index contributed by atoms with van der Waals surface area (Å²) in [6.07, 6.45) is 3.72. The molecule has 0 radical (unpaired) electrons. The van der Waals surface area contributed by atoms with Crippen molar-refractivity contribution in [2.45, 2.75) is 39.5 Å². The molecule has 0 bridgehead atoms. The molecule has 0 aliphatic carbocycles. The van der Waals surface area contributed by atoms with Crippen molar-refractivity contribution in [3.63, 3.8) is 0 Å². The van der Waals surface area contributed by atoms with Gasteiger partial charge in [0.1, 0.15) is 5.00 Å². The monoisotopic (exact) mass is 433 g/mol. The highest BCUT2D eigenvalue weighted by molar-refractivity contribution is 7.16. The maximum Gasteiger partial charge on any atom is 0.359 e. The van der Waals surface area contributed by atoms with Gasteiger partial charge in [-0.1, -0.05) is 44.4 Å². The Morgan fingerprint density at radius 1 is 1.28 bits per heavy atom. The van der Waals surface area contributed by atoms with E-state index in [9.17, 15) is 9.59 Å². The molecule has 0 spiro atoms. The molecule has 154 valence electrons. The van der Waals surface area contributed by atoms with Crippen molar-refractivity contribution in [3.05, 3.63) is 50.7 Å². The van der Waals surface area contributed by atoms with Crippen LogP contribution in [-0.2, 0) is 4.74 Å². The molecule has 0 aliphatic rings. The van der Waals surface area contributed by atoms with Gasteiger partial charge in [0.25, 0.3) is 5.56 Å². The van der Waals surface area contributed by atoms with E-state index in [0.29, 0.717) is 28.1 Å². The summed E-state index contributed by atoms with van der Waals surface area (Å²) in [5.74, 6) is -0.530. The predicted molar refractivity (Wildman–Crippen MR) is 119 cm³/mol. The second kappa shape index (κ2) is 9.89. The lowest BCUT2D eigenvalue weighted by Gasteiger charge is -2.10. The van der Waals surface area contributed by atoms with Crippen LogP contribution < -0.4 is 10.9 Å². The first kappa shape index (κ1) is 21.3. The molecule has 0 saturated heterocycles. The molecule has 1 aromatic carbocycles. The maximum absolute atomic E-state index is 13.3. The first-order valence-corrected chi connectivity index (χ1v) is 11.0. The molecule has 0 saturated carbocycles. The van der Waals surface area contributed by atoms with Crippen LogP contribution in [-0.4, -0.2) is 28.9 Å². The van der Waals surface area contributed by atoms with Crippen molar-refractivity contribution < 1.29 is 9.53 Å². The molecule has 0 atom stereocenters. The normalized spacial score (nSPS) is 11.0. The number of unbranched alkanes of at least 4 members (excludes halogenated alkanes) is 2. The third-order valence-electron chi connectivity index (χ3n) is 4.45. The molecule has 8 heteroatoms. The summed E-state index contributed by atoms with van der Waals surface area (Å²) in [7, 11) is 0. The summed E-state index contributed by atoms with van der Waals surface area (Å²) in [5.41, 5.74) is 0.334. The second-order valence-corrected chi connectivity index (χ2v) is 7.98. The lowest BCUT2D eigenvalue weighted by molar-refractivity contribution is 0.0493. The summed E-state index contributed by atoms with van der Waals surface area (Å²) in [5, 5.41) is 11.6. The number of thiophene rings is 1. The van der Waals surface area contributed by atoms with Crippen molar-refractivity contribution >= 4 is 44.7 Å². The topological polar surface area (TPSA) is 73.2 Å². The molecular weight excluding hydrogens is 410 g/mol. The number of aromatic nitrogens is 2. The summed E-state index contributed by atoms with van der Waals surface area (Å²) < 4.78 is 6.60. The van der Waals surface area contributed by atoms with Gasteiger partial charge in [0.05, 0.1) is 17.7 Å². The van der Waals surface area contributed by atoms with E-state index < -0.39 is 5.97 Å². The van der Waals surface area contributed by atoms with Crippen LogP contribution in [0.3, 0.4) is 0 Å². The predicted octanol–water partition coefficient (Wildman–Crippen LogP) is 5.27. The van der Waals surface area contributed by atoms with E-state index in [-0.39, 0.29) is 11.3 Å². The molecule has 2 aromatic heterocycles. The number of hydrogen-bond donors (Lipinski definition) is 1. The molecule has 6 nitrogen and oxygen atoms in total. The van der Waals surface area contributed by atoms with Crippen LogP contribution in [0.5, 0.6) is 0 Å². The van der Waals surface area contributed by atoms with Crippen LogP contribution in [0, 0.1) is 0 Å². The standard InChI is InChI=1S/C21H24ClN3O3S/c1-3-5-10-23-19-17-16(13-29-19)18(21(27)28-11-6-4-2)24-25(20(17)26)15-9-7-8-14(22)12-15/h7-9,12-13,23H,3-6,10-11H2,1-2H3. The summed E-state index contributed by atoms with van der Waals surface area (Å²) in [6, 6.07) is 6.83. The van der Waals surface area contributed by atoms with Gasteiger partial charge >= 0.3 is 5.97 Å². The lowest BCUT2D eigenvalue weighted by Crippen LogP contribution is -2.25. The highest BCUT2D eigenvalue weighted by atomic mass is 35.5. The van der Waals surface area contributed by atoms with Crippen LogP contribution in [0.4, 0.5) is 5.00 Å². The fraction of sp³-hybridized carbons (Fsp3) is 0.381. The number of nitrogens with one attached hydrogen (secondary N) is 1. The Bertz CT molecular complexity index is 1060. The third kappa shape index (κ3) is 4.79. The van der Waals surface area contributed by atoms with Gasteiger partial charge < -0.3 is 10.1 Å². The Hall–Kier alpha value is -2.38. The van der Waals surface area contributed by atoms with Crippen molar-refractivity contribution in [1.29, 1.82) is 0 Å². The van der Waals surface area contributed by atoms with Gasteiger partial charge in [-0.05, 0) is 31.0 Å². The first-order chi connectivity index (χ1) is 14.1. The Labute approximate surface area is 178 Å². The maximum atomic E-state index is 13.3. The van der Waals surface area contributed by atoms with E-state index in [4.69, 9.17) is 16.3 Å². The number of benzene rings is 1. The van der Waals surface area contributed by atoms with E-state index in [1.165, 1.54) is 16.0 Å². The number of ether oxygens (including phenoxy) is 1. The fourth-order valence-electron chi connectivity index (χ4n) is 2.87.